The fraction of sp³-hybridized carbons (Fsp3) is 0.583. The Morgan fingerprint density at radius 1 is 1.62 bits per heavy atom. The normalized spacial score (nSPS) is 17.9. The highest BCUT2D eigenvalue weighted by molar-refractivity contribution is 7.09. The molecule has 3 nitrogen and oxygen atoms in total. The van der Waals surface area contributed by atoms with E-state index in [-0.39, 0.29) is 5.91 Å². The van der Waals surface area contributed by atoms with Crippen LogP contribution in [0.15, 0.2) is 17.5 Å². The molecule has 1 saturated carbocycles. The van der Waals surface area contributed by atoms with Gasteiger partial charge in [0, 0.05) is 11.4 Å². The molecule has 0 aliphatic heterocycles. The Hall–Kier alpha value is -0.870. The second-order valence-corrected chi connectivity index (χ2v) is 5.44. The maximum absolute atomic E-state index is 12.2. The van der Waals surface area contributed by atoms with Crippen LogP contribution in [0.1, 0.15) is 31.1 Å². The summed E-state index contributed by atoms with van der Waals surface area (Å²) in [7, 11) is 0. The first kappa shape index (κ1) is 11.6. The fourth-order valence-electron chi connectivity index (χ4n) is 2.00. The van der Waals surface area contributed by atoms with Crippen molar-refractivity contribution in [1.82, 2.24) is 4.90 Å². The lowest BCUT2D eigenvalue weighted by Gasteiger charge is -2.40. The quantitative estimate of drug-likeness (QED) is 0.872. The second-order valence-electron chi connectivity index (χ2n) is 4.41. The number of nitrogens with two attached hydrogens (primary N) is 1. The van der Waals surface area contributed by atoms with Gasteiger partial charge >= 0.3 is 0 Å². The van der Waals surface area contributed by atoms with Gasteiger partial charge in [0.25, 0.3) is 0 Å². The molecule has 16 heavy (non-hydrogen) atoms. The van der Waals surface area contributed by atoms with Gasteiger partial charge in [-0.2, -0.15) is 0 Å². The molecule has 0 spiro atoms. The number of carbonyl (C=O) groups is 1. The number of amides is 1. The Morgan fingerprint density at radius 2 is 2.38 bits per heavy atom. The Bertz CT molecular complexity index is 357. The van der Waals surface area contributed by atoms with Crippen LogP contribution >= 0.6 is 11.3 Å². The van der Waals surface area contributed by atoms with Crippen molar-refractivity contribution in [3.8, 4) is 0 Å². The molecule has 1 aromatic rings. The van der Waals surface area contributed by atoms with Crippen molar-refractivity contribution in [2.45, 2.75) is 38.3 Å². The molecule has 1 heterocycles. The molecule has 0 bridgehead atoms. The van der Waals surface area contributed by atoms with Gasteiger partial charge in [0.15, 0.2) is 0 Å². The van der Waals surface area contributed by atoms with Gasteiger partial charge in [0.1, 0.15) is 0 Å². The summed E-state index contributed by atoms with van der Waals surface area (Å²) in [6, 6.07) is 4.07. The van der Waals surface area contributed by atoms with Crippen LogP contribution in [-0.2, 0) is 11.3 Å². The highest BCUT2D eigenvalue weighted by atomic mass is 32.1. The highest BCUT2D eigenvalue weighted by Gasteiger charge is 2.42. The zero-order valence-corrected chi connectivity index (χ0v) is 10.4. The molecule has 1 fully saturated rings. The lowest BCUT2D eigenvalue weighted by atomic mass is 9.76. The lowest BCUT2D eigenvalue weighted by molar-refractivity contribution is -0.140. The van der Waals surface area contributed by atoms with Crippen LogP contribution in [0.4, 0.5) is 0 Å². The number of carbonyl (C=O) groups excluding carboxylic acids is 1. The zero-order valence-electron chi connectivity index (χ0n) is 9.61. The first-order valence-corrected chi connectivity index (χ1v) is 6.64. The van der Waals surface area contributed by atoms with Crippen molar-refractivity contribution >= 4 is 17.2 Å². The molecular weight excluding hydrogens is 220 g/mol. The number of hydrogen-bond acceptors (Lipinski definition) is 3. The standard InChI is InChI=1S/C12H18N2OS/c1-2-14(9-10-5-3-8-16-10)11(15)12(13)6-4-7-12/h3,5,8H,2,4,6-7,9,13H2,1H3. The third-order valence-corrected chi connectivity index (χ3v) is 4.13. The molecule has 2 rings (SSSR count). The van der Waals surface area contributed by atoms with Crippen molar-refractivity contribution in [1.29, 1.82) is 0 Å². The van der Waals surface area contributed by atoms with E-state index in [0.29, 0.717) is 6.54 Å². The molecule has 0 unspecified atom stereocenters. The van der Waals surface area contributed by atoms with E-state index in [9.17, 15) is 4.79 Å². The summed E-state index contributed by atoms with van der Waals surface area (Å²) in [6.07, 6.45) is 2.76. The van der Waals surface area contributed by atoms with Gasteiger partial charge in [-0.25, -0.2) is 0 Å². The van der Waals surface area contributed by atoms with E-state index in [1.165, 1.54) is 4.88 Å². The van der Waals surface area contributed by atoms with Crippen LogP contribution in [0, 0.1) is 0 Å². The van der Waals surface area contributed by atoms with Crippen LogP contribution in [-0.4, -0.2) is 22.9 Å². The molecule has 1 aromatic heterocycles. The van der Waals surface area contributed by atoms with E-state index in [1.807, 2.05) is 23.3 Å². The number of likely N-dealkylation sites (N-methyl/N-ethyl adjacent to an activating group) is 1. The molecule has 0 saturated heterocycles. The van der Waals surface area contributed by atoms with Gasteiger partial charge in [-0.1, -0.05) is 6.07 Å². The second kappa shape index (κ2) is 4.55. The van der Waals surface area contributed by atoms with Gasteiger partial charge in [-0.3, -0.25) is 4.79 Å². The lowest BCUT2D eigenvalue weighted by Crippen LogP contribution is -2.59. The minimum atomic E-state index is -0.562. The van der Waals surface area contributed by atoms with Gasteiger partial charge in [-0.15, -0.1) is 11.3 Å². The Labute approximate surface area is 100 Å². The summed E-state index contributed by atoms with van der Waals surface area (Å²) in [6.45, 7) is 3.44. The van der Waals surface area contributed by atoms with Crippen molar-refractivity contribution in [3.05, 3.63) is 22.4 Å². The number of nitrogens with zero attached hydrogens (tertiary/aromatic N) is 1. The van der Waals surface area contributed by atoms with Crippen LogP contribution < -0.4 is 5.73 Å². The fourth-order valence-corrected chi connectivity index (χ4v) is 2.72. The minimum Gasteiger partial charge on any atom is -0.336 e. The summed E-state index contributed by atoms with van der Waals surface area (Å²) < 4.78 is 0. The highest BCUT2D eigenvalue weighted by Crippen LogP contribution is 2.31. The maximum Gasteiger partial charge on any atom is 0.242 e. The van der Waals surface area contributed by atoms with Crippen molar-refractivity contribution < 1.29 is 4.79 Å². The predicted octanol–water partition coefficient (Wildman–Crippen LogP) is 1.98. The third-order valence-electron chi connectivity index (χ3n) is 3.27. The largest absolute Gasteiger partial charge is 0.336 e. The topological polar surface area (TPSA) is 46.3 Å². The summed E-state index contributed by atoms with van der Waals surface area (Å²) >= 11 is 1.69. The van der Waals surface area contributed by atoms with E-state index in [2.05, 4.69) is 6.07 Å². The van der Waals surface area contributed by atoms with Gasteiger partial charge in [0.2, 0.25) is 5.91 Å². The van der Waals surface area contributed by atoms with Crippen LogP contribution in [0.25, 0.3) is 0 Å². The molecule has 0 radical (unpaired) electrons. The summed E-state index contributed by atoms with van der Waals surface area (Å²) in [4.78, 5) is 15.3. The summed E-state index contributed by atoms with van der Waals surface area (Å²) in [5, 5.41) is 2.04. The molecular formula is C12H18N2OS. The van der Waals surface area contributed by atoms with Crippen LogP contribution in [0.3, 0.4) is 0 Å². The van der Waals surface area contributed by atoms with Crippen molar-refractivity contribution in [2.75, 3.05) is 6.54 Å². The monoisotopic (exact) mass is 238 g/mol. The first-order valence-electron chi connectivity index (χ1n) is 5.76. The van der Waals surface area contributed by atoms with Crippen molar-refractivity contribution in [2.24, 2.45) is 5.73 Å². The van der Waals surface area contributed by atoms with E-state index in [1.54, 1.807) is 11.3 Å². The molecule has 1 amide bonds. The first-order chi connectivity index (χ1) is 7.65. The zero-order chi connectivity index (χ0) is 11.6. The number of thiophene rings is 1. The summed E-state index contributed by atoms with van der Waals surface area (Å²) in [5.74, 6) is 0.120. The van der Waals surface area contributed by atoms with Gasteiger partial charge in [-0.05, 0) is 37.6 Å². The molecule has 4 heteroatoms. The Morgan fingerprint density at radius 3 is 2.81 bits per heavy atom. The average molecular weight is 238 g/mol. The Kier molecular flexibility index (Phi) is 3.30. The molecule has 1 aliphatic carbocycles. The predicted molar refractivity (Wildman–Crippen MR) is 66.2 cm³/mol. The van der Waals surface area contributed by atoms with E-state index in [0.717, 1.165) is 25.8 Å². The SMILES string of the molecule is CCN(Cc1cccs1)C(=O)C1(N)CCC1. The van der Waals surface area contributed by atoms with Crippen LogP contribution in [0.2, 0.25) is 0 Å². The molecule has 2 N–H and O–H groups in total. The average Bonchev–Trinajstić information content (AvgIpc) is 2.74. The molecule has 0 aromatic carbocycles. The summed E-state index contributed by atoms with van der Waals surface area (Å²) in [5.41, 5.74) is 5.50. The van der Waals surface area contributed by atoms with Gasteiger partial charge in [0.05, 0.1) is 12.1 Å². The van der Waals surface area contributed by atoms with E-state index >= 15 is 0 Å². The van der Waals surface area contributed by atoms with E-state index in [4.69, 9.17) is 5.73 Å². The number of rotatable bonds is 4. The van der Waals surface area contributed by atoms with Gasteiger partial charge < -0.3 is 10.6 Å². The molecule has 0 atom stereocenters. The van der Waals surface area contributed by atoms with E-state index < -0.39 is 5.54 Å². The third kappa shape index (κ3) is 2.13. The maximum atomic E-state index is 12.2. The van der Waals surface area contributed by atoms with Crippen molar-refractivity contribution in [3.63, 3.8) is 0 Å². The Balaban J connectivity index is 2.02. The molecule has 1 aliphatic rings. The smallest absolute Gasteiger partial charge is 0.242 e. The molecule has 88 valence electrons. The van der Waals surface area contributed by atoms with Crippen LogP contribution in [0.5, 0.6) is 0 Å². The number of hydrogen-bond donors (Lipinski definition) is 1. The minimum absolute atomic E-state index is 0.120.